The van der Waals surface area contributed by atoms with Crippen LogP contribution in [-0.2, 0) is 23.8 Å². The van der Waals surface area contributed by atoms with Crippen molar-refractivity contribution >= 4 is 11.9 Å². The fraction of sp³-hybridized carbons (Fsp3) is 0.529. The van der Waals surface area contributed by atoms with E-state index in [4.69, 9.17) is 14.2 Å². The summed E-state index contributed by atoms with van der Waals surface area (Å²) < 4.78 is 84.8. The molecule has 0 aliphatic heterocycles. The quantitative estimate of drug-likeness (QED) is 0.155. The lowest BCUT2D eigenvalue weighted by molar-refractivity contribution is -0.160. The molecule has 0 aliphatic rings. The van der Waals surface area contributed by atoms with E-state index in [1.165, 1.54) is 0 Å². The summed E-state index contributed by atoms with van der Waals surface area (Å²) in [7, 11) is 0. The first-order chi connectivity index (χ1) is 12.9. The third-order valence-electron chi connectivity index (χ3n) is 2.85. The van der Waals surface area contributed by atoms with Crippen LogP contribution in [0.2, 0.25) is 0 Å². The first-order valence-corrected chi connectivity index (χ1v) is 8.03. The lowest BCUT2D eigenvalue weighted by Gasteiger charge is -2.19. The van der Waals surface area contributed by atoms with Gasteiger partial charge in [-0.15, -0.1) is 0 Å². The highest BCUT2D eigenvalue weighted by atomic mass is 19.2. The van der Waals surface area contributed by atoms with E-state index in [1.54, 1.807) is 20.8 Å². The van der Waals surface area contributed by atoms with Crippen LogP contribution in [0.1, 0.15) is 27.2 Å². The van der Waals surface area contributed by atoms with Crippen molar-refractivity contribution in [3.63, 3.8) is 0 Å². The Balaban J connectivity index is 2.31. The van der Waals surface area contributed by atoms with Gasteiger partial charge in [-0.2, -0.15) is 8.78 Å². The Labute approximate surface area is 157 Å². The van der Waals surface area contributed by atoms with E-state index in [-0.39, 0.29) is 26.4 Å². The third-order valence-corrected chi connectivity index (χ3v) is 2.85. The monoisotopic (exact) mass is 414 g/mol. The maximum Gasteiger partial charge on any atom is 0.332 e. The van der Waals surface area contributed by atoms with Crippen LogP contribution < -0.4 is 4.74 Å². The van der Waals surface area contributed by atoms with E-state index in [0.717, 1.165) is 0 Å². The lowest BCUT2D eigenvalue weighted by Crippen LogP contribution is -2.27. The molecule has 0 fully saturated rings. The average molecular weight is 414 g/mol. The zero-order chi connectivity index (χ0) is 21.5. The van der Waals surface area contributed by atoms with Crippen LogP contribution in [0, 0.1) is 29.1 Å². The van der Waals surface area contributed by atoms with E-state index in [0.29, 0.717) is 0 Å². The Kier molecular flexibility index (Phi) is 8.76. The van der Waals surface area contributed by atoms with E-state index >= 15 is 0 Å². The molecule has 1 rings (SSSR count). The van der Waals surface area contributed by atoms with Crippen LogP contribution in [0.4, 0.5) is 22.0 Å². The van der Waals surface area contributed by atoms with Crippen molar-refractivity contribution in [3.8, 4) is 5.75 Å². The van der Waals surface area contributed by atoms with Gasteiger partial charge in [0, 0.05) is 0 Å². The first-order valence-electron chi connectivity index (χ1n) is 8.03. The summed E-state index contributed by atoms with van der Waals surface area (Å²) in [5, 5.41) is 0. The van der Waals surface area contributed by atoms with Crippen LogP contribution in [-0.4, -0.2) is 44.0 Å². The van der Waals surface area contributed by atoms with Crippen LogP contribution in [0.5, 0.6) is 5.75 Å². The number of carbonyl (C=O) groups is 2. The highest BCUT2D eigenvalue weighted by molar-refractivity contribution is 5.72. The van der Waals surface area contributed by atoms with Gasteiger partial charge in [0.05, 0.1) is 26.2 Å². The number of carbonyl (C=O) groups excluding carboxylic acids is 2. The maximum atomic E-state index is 13.4. The molecule has 0 aromatic heterocycles. The normalized spacial score (nSPS) is 11.4. The first kappa shape index (κ1) is 23.8. The summed E-state index contributed by atoms with van der Waals surface area (Å²) in [4.78, 5) is 22.8. The van der Waals surface area contributed by atoms with Crippen molar-refractivity contribution in [2.45, 2.75) is 32.8 Å². The highest BCUT2D eigenvalue weighted by Crippen LogP contribution is 2.29. The largest absolute Gasteiger partial charge is 0.458 e. The molecular formula is C17H19F5O6. The predicted octanol–water partition coefficient (Wildman–Crippen LogP) is 3.05. The van der Waals surface area contributed by atoms with Crippen molar-refractivity contribution in [1.82, 2.24) is 0 Å². The van der Waals surface area contributed by atoms with Gasteiger partial charge in [0.25, 0.3) is 0 Å². The van der Waals surface area contributed by atoms with Crippen molar-refractivity contribution < 1.29 is 50.5 Å². The Morgan fingerprint density at radius 1 is 0.750 bits per heavy atom. The molecule has 1 aromatic carbocycles. The fourth-order valence-electron chi connectivity index (χ4n) is 1.74. The molecule has 6 nitrogen and oxygen atoms in total. The van der Waals surface area contributed by atoms with Crippen LogP contribution in [0.15, 0.2) is 0 Å². The molecule has 0 unspecified atom stereocenters. The number of ether oxygens (including phenoxy) is 4. The standard InChI is InChI=1S/C17H19F5O6/c1-17(2,3)28-10(24)8-26-7-6-25-5-4-9(23)27-16-14(21)12(19)11(18)13(20)15(16)22/h4-8H2,1-3H3. The summed E-state index contributed by atoms with van der Waals surface area (Å²) in [5.41, 5.74) is -0.646. The van der Waals surface area contributed by atoms with E-state index in [2.05, 4.69) is 4.74 Å². The summed E-state index contributed by atoms with van der Waals surface area (Å²) in [6.45, 7) is 4.47. The summed E-state index contributed by atoms with van der Waals surface area (Å²) in [6, 6.07) is 0. The van der Waals surface area contributed by atoms with Gasteiger partial charge >= 0.3 is 11.9 Å². The minimum atomic E-state index is -2.36. The molecule has 0 saturated heterocycles. The van der Waals surface area contributed by atoms with E-state index in [9.17, 15) is 31.5 Å². The minimum absolute atomic E-state index is 0.00800. The van der Waals surface area contributed by atoms with E-state index < -0.39 is 58.8 Å². The molecule has 0 N–H and O–H groups in total. The Morgan fingerprint density at radius 3 is 1.79 bits per heavy atom. The second-order valence-electron chi connectivity index (χ2n) is 6.37. The average Bonchev–Trinajstić information content (AvgIpc) is 2.59. The number of rotatable bonds is 9. The van der Waals surface area contributed by atoms with Gasteiger partial charge in [-0.1, -0.05) is 0 Å². The van der Waals surface area contributed by atoms with Gasteiger partial charge in [-0.3, -0.25) is 4.79 Å². The summed E-state index contributed by atoms with van der Waals surface area (Å²) in [5.74, 6) is -14.8. The second-order valence-corrected chi connectivity index (χ2v) is 6.37. The molecule has 0 aliphatic carbocycles. The molecule has 28 heavy (non-hydrogen) atoms. The van der Waals surface area contributed by atoms with Crippen molar-refractivity contribution in [2.24, 2.45) is 0 Å². The van der Waals surface area contributed by atoms with Gasteiger partial charge in [-0.05, 0) is 20.8 Å². The summed E-state index contributed by atoms with van der Waals surface area (Å²) in [6.07, 6.45) is -0.522. The van der Waals surface area contributed by atoms with Crippen molar-refractivity contribution in [3.05, 3.63) is 29.1 Å². The van der Waals surface area contributed by atoms with Crippen molar-refractivity contribution in [2.75, 3.05) is 26.4 Å². The second kappa shape index (κ2) is 10.3. The molecule has 0 spiro atoms. The Morgan fingerprint density at radius 2 is 1.25 bits per heavy atom. The van der Waals surface area contributed by atoms with E-state index in [1.807, 2.05) is 0 Å². The SMILES string of the molecule is CC(C)(C)OC(=O)COCCOCCC(=O)Oc1c(F)c(F)c(F)c(F)c1F. The van der Waals surface area contributed by atoms with Gasteiger partial charge in [0.1, 0.15) is 12.2 Å². The van der Waals surface area contributed by atoms with Gasteiger partial charge in [-0.25, -0.2) is 18.0 Å². The molecule has 0 amide bonds. The molecule has 0 saturated carbocycles. The molecule has 1 aromatic rings. The fourth-order valence-corrected chi connectivity index (χ4v) is 1.74. The molecular weight excluding hydrogens is 395 g/mol. The highest BCUT2D eigenvalue weighted by Gasteiger charge is 2.28. The van der Waals surface area contributed by atoms with Crippen LogP contribution in [0.25, 0.3) is 0 Å². The number of hydrogen-bond acceptors (Lipinski definition) is 6. The van der Waals surface area contributed by atoms with Crippen LogP contribution >= 0.6 is 0 Å². The third kappa shape index (κ3) is 7.39. The number of esters is 2. The summed E-state index contributed by atoms with van der Waals surface area (Å²) >= 11 is 0. The van der Waals surface area contributed by atoms with Gasteiger partial charge < -0.3 is 18.9 Å². The molecule has 0 heterocycles. The molecule has 11 heteroatoms. The van der Waals surface area contributed by atoms with Crippen molar-refractivity contribution in [1.29, 1.82) is 0 Å². The van der Waals surface area contributed by atoms with Gasteiger partial charge in [0.15, 0.2) is 0 Å². The van der Waals surface area contributed by atoms with Gasteiger partial charge in [0.2, 0.25) is 34.8 Å². The lowest BCUT2D eigenvalue weighted by atomic mass is 10.2. The Hall–Kier alpha value is -2.27. The number of hydrogen-bond donors (Lipinski definition) is 0. The molecule has 0 radical (unpaired) electrons. The topological polar surface area (TPSA) is 71.1 Å². The zero-order valence-electron chi connectivity index (χ0n) is 15.4. The minimum Gasteiger partial charge on any atom is -0.458 e. The number of benzene rings is 1. The number of halogens is 5. The predicted molar refractivity (Wildman–Crippen MR) is 84.0 cm³/mol. The molecule has 158 valence electrons. The molecule has 0 atom stereocenters. The van der Waals surface area contributed by atoms with Crippen LogP contribution in [0.3, 0.4) is 0 Å². The molecule has 0 bridgehead atoms. The Bertz CT molecular complexity index is 688. The maximum absolute atomic E-state index is 13.4. The smallest absolute Gasteiger partial charge is 0.332 e. The zero-order valence-corrected chi connectivity index (χ0v) is 15.4.